The Labute approximate surface area is 95.1 Å². The van der Waals surface area contributed by atoms with Gasteiger partial charge in [0.2, 0.25) is 0 Å². The van der Waals surface area contributed by atoms with Crippen molar-refractivity contribution in [1.29, 1.82) is 0 Å². The third kappa shape index (κ3) is 4.24. The molecule has 0 spiro atoms. The topological polar surface area (TPSA) is 112 Å². The summed E-state index contributed by atoms with van der Waals surface area (Å²) >= 11 is 1.41. The van der Waals surface area contributed by atoms with Gasteiger partial charge in [-0.25, -0.2) is 14.6 Å². The van der Waals surface area contributed by atoms with Crippen LogP contribution in [0, 0.1) is 0 Å². The van der Waals surface area contributed by atoms with Gasteiger partial charge in [0.25, 0.3) is 0 Å². The summed E-state index contributed by atoms with van der Waals surface area (Å²) in [5, 5.41) is 23.7. The quantitative estimate of drug-likeness (QED) is 0.553. The SMILES string of the molecule is O=C(NCc1cscn1)NC[C@H](O)C(=O)O. The summed E-state index contributed by atoms with van der Waals surface area (Å²) in [5.41, 5.74) is 2.36. The molecule has 0 aliphatic heterocycles. The highest BCUT2D eigenvalue weighted by molar-refractivity contribution is 7.07. The molecule has 1 heterocycles. The first-order valence-corrected chi connectivity index (χ1v) is 5.33. The van der Waals surface area contributed by atoms with Gasteiger partial charge in [-0.15, -0.1) is 11.3 Å². The van der Waals surface area contributed by atoms with Crippen LogP contribution in [0.15, 0.2) is 10.9 Å². The number of thiazole rings is 1. The van der Waals surface area contributed by atoms with Crippen molar-refractivity contribution in [2.24, 2.45) is 0 Å². The molecule has 0 aromatic carbocycles. The number of carbonyl (C=O) groups excluding carboxylic acids is 1. The van der Waals surface area contributed by atoms with Crippen molar-refractivity contribution in [2.75, 3.05) is 6.54 Å². The number of carboxylic acids is 1. The smallest absolute Gasteiger partial charge is 0.334 e. The largest absolute Gasteiger partial charge is 0.479 e. The molecule has 4 N–H and O–H groups in total. The maximum atomic E-state index is 11.1. The van der Waals surface area contributed by atoms with Crippen molar-refractivity contribution >= 4 is 23.3 Å². The fourth-order valence-electron chi connectivity index (χ4n) is 0.835. The molecule has 1 aromatic heterocycles. The van der Waals surface area contributed by atoms with Gasteiger partial charge in [0.1, 0.15) is 0 Å². The lowest BCUT2D eigenvalue weighted by Gasteiger charge is -2.08. The number of nitrogens with zero attached hydrogens (tertiary/aromatic N) is 1. The van der Waals surface area contributed by atoms with Crippen LogP contribution in [0.4, 0.5) is 4.79 Å². The van der Waals surface area contributed by atoms with E-state index in [4.69, 9.17) is 10.2 Å². The molecule has 0 bridgehead atoms. The van der Waals surface area contributed by atoms with Crippen molar-refractivity contribution in [2.45, 2.75) is 12.6 Å². The van der Waals surface area contributed by atoms with E-state index in [1.165, 1.54) is 11.3 Å². The Morgan fingerprint density at radius 1 is 1.50 bits per heavy atom. The Morgan fingerprint density at radius 2 is 2.25 bits per heavy atom. The summed E-state index contributed by atoms with van der Waals surface area (Å²) < 4.78 is 0. The fourth-order valence-corrected chi connectivity index (χ4v) is 1.39. The maximum absolute atomic E-state index is 11.1. The van der Waals surface area contributed by atoms with Crippen LogP contribution in [-0.4, -0.2) is 39.8 Å². The molecular formula is C8H11N3O4S. The fraction of sp³-hybridized carbons (Fsp3) is 0.375. The second-order valence-corrected chi connectivity index (χ2v) is 3.62. The first kappa shape index (κ1) is 12.4. The molecule has 0 fully saturated rings. The standard InChI is InChI=1S/C8H11N3O4S/c12-6(7(13)14)2-10-8(15)9-1-5-3-16-4-11-5/h3-4,6,12H,1-2H2,(H,13,14)(H2,9,10,15)/t6-/m0/s1. The number of aromatic nitrogens is 1. The van der Waals surface area contributed by atoms with E-state index in [2.05, 4.69) is 15.6 Å². The molecule has 1 rings (SSSR count). The van der Waals surface area contributed by atoms with E-state index >= 15 is 0 Å². The first-order valence-electron chi connectivity index (χ1n) is 4.39. The Morgan fingerprint density at radius 3 is 2.81 bits per heavy atom. The van der Waals surface area contributed by atoms with E-state index in [1.807, 2.05) is 0 Å². The molecule has 8 heteroatoms. The van der Waals surface area contributed by atoms with E-state index in [-0.39, 0.29) is 13.1 Å². The Balaban J connectivity index is 2.19. The number of rotatable bonds is 5. The number of nitrogens with one attached hydrogen (secondary N) is 2. The molecule has 88 valence electrons. The van der Waals surface area contributed by atoms with Crippen LogP contribution < -0.4 is 10.6 Å². The van der Waals surface area contributed by atoms with E-state index in [1.54, 1.807) is 10.9 Å². The predicted octanol–water partition coefficient (Wildman–Crippen LogP) is -0.612. The zero-order valence-corrected chi connectivity index (χ0v) is 9.03. The number of amides is 2. The first-order chi connectivity index (χ1) is 7.59. The Bertz CT molecular complexity index is 354. The number of hydrogen-bond acceptors (Lipinski definition) is 5. The molecule has 2 amide bonds. The summed E-state index contributed by atoms with van der Waals surface area (Å²) in [6.45, 7) is -0.0727. The Kier molecular flexibility index (Phi) is 4.67. The van der Waals surface area contributed by atoms with Crippen LogP contribution >= 0.6 is 11.3 Å². The maximum Gasteiger partial charge on any atom is 0.334 e. The molecule has 16 heavy (non-hydrogen) atoms. The van der Waals surface area contributed by atoms with Crippen LogP contribution in [0.3, 0.4) is 0 Å². The lowest BCUT2D eigenvalue weighted by molar-refractivity contribution is -0.146. The number of aliphatic hydroxyl groups excluding tert-OH is 1. The summed E-state index contributed by atoms with van der Waals surface area (Å²) in [6.07, 6.45) is -1.59. The number of aliphatic carboxylic acids is 1. The van der Waals surface area contributed by atoms with Gasteiger partial charge in [0.05, 0.1) is 24.3 Å². The molecule has 0 aliphatic carbocycles. The highest BCUT2D eigenvalue weighted by Crippen LogP contribution is 1.99. The molecule has 0 saturated heterocycles. The van der Waals surface area contributed by atoms with Gasteiger partial charge >= 0.3 is 12.0 Å². The van der Waals surface area contributed by atoms with Gasteiger partial charge in [0, 0.05) is 5.38 Å². The normalized spacial score (nSPS) is 11.8. The average Bonchev–Trinajstić information content (AvgIpc) is 2.75. The van der Waals surface area contributed by atoms with Gasteiger partial charge in [-0.05, 0) is 0 Å². The molecule has 0 unspecified atom stereocenters. The monoisotopic (exact) mass is 245 g/mol. The summed E-state index contributed by atoms with van der Waals surface area (Å²) in [5.74, 6) is -1.38. The molecule has 0 aliphatic rings. The van der Waals surface area contributed by atoms with Crippen LogP contribution in [0.2, 0.25) is 0 Å². The Hall–Kier alpha value is -1.67. The second-order valence-electron chi connectivity index (χ2n) is 2.90. The van der Waals surface area contributed by atoms with Crippen molar-refractivity contribution in [3.8, 4) is 0 Å². The molecule has 1 aromatic rings. The molecule has 0 radical (unpaired) electrons. The van der Waals surface area contributed by atoms with Crippen LogP contribution in [0.1, 0.15) is 5.69 Å². The summed E-state index contributed by atoms with van der Waals surface area (Å²) in [6, 6.07) is -0.548. The number of urea groups is 1. The minimum Gasteiger partial charge on any atom is -0.479 e. The van der Waals surface area contributed by atoms with E-state index in [0.29, 0.717) is 0 Å². The predicted molar refractivity (Wildman–Crippen MR) is 56.0 cm³/mol. The van der Waals surface area contributed by atoms with Crippen LogP contribution in [0.5, 0.6) is 0 Å². The summed E-state index contributed by atoms with van der Waals surface area (Å²) in [7, 11) is 0. The molecule has 7 nitrogen and oxygen atoms in total. The highest BCUT2D eigenvalue weighted by atomic mass is 32.1. The minimum atomic E-state index is -1.59. The van der Waals surface area contributed by atoms with Gasteiger partial charge in [-0.3, -0.25) is 0 Å². The number of carboxylic acid groups (broad SMARTS) is 1. The van der Waals surface area contributed by atoms with Crippen molar-refractivity contribution < 1.29 is 19.8 Å². The molecule has 1 atom stereocenters. The lowest BCUT2D eigenvalue weighted by atomic mass is 10.4. The summed E-state index contributed by atoms with van der Waals surface area (Å²) in [4.78, 5) is 25.3. The molecule has 0 saturated carbocycles. The average molecular weight is 245 g/mol. The van der Waals surface area contributed by atoms with Crippen LogP contribution in [-0.2, 0) is 11.3 Å². The number of hydrogen-bond donors (Lipinski definition) is 4. The zero-order chi connectivity index (χ0) is 12.0. The van der Waals surface area contributed by atoms with Gasteiger partial charge < -0.3 is 20.8 Å². The zero-order valence-electron chi connectivity index (χ0n) is 8.21. The van der Waals surface area contributed by atoms with Crippen molar-refractivity contribution in [3.63, 3.8) is 0 Å². The van der Waals surface area contributed by atoms with Crippen LogP contribution in [0.25, 0.3) is 0 Å². The molecular weight excluding hydrogens is 234 g/mol. The van der Waals surface area contributed by atoms with Crippen molar-refractivity contribution in [3.05, 3.63) is 16.6 Å². The van der Waals surface area contributed by atoms with E-state index in [9.17, 15) is 9.59 Å². The second kappa shape index (κ2) is 6.03. The van der Waals surface area contributed by atoms with E-state index < -0.39 is 18.1 Å². The third-order valence-electron chi connectivity index (χ3n) is 1.65. The highest BCUT2D eigenvalue weighted by Gasteiger charge is 2.13. The van der Waals surface area contributed by atoms with Gasteiger partial charge in [-0.1, -0.05) is 0 Å². The number of aliphatic hydroxyl groups is 1. The van der Waals surface area contributed by atoms with Gasteiger partial charge in [0.15, 0.2) is 6.10 Å². The minimum absolute atomic E-state index is 0.262. The third-order valence-corrected chi connectivity index (χ3v) is 2.29. The van der Waals surface area contributed by atoms with Crippen molar-refractivity contribution in [1.82, 2.24) is 15.6 Å². The van der Waals surface area contributed by atoms with E-state index in [0.717, 1.165) is 5.69 Å². The van der Waals surface area contributed by atoms with Gasteiger partial charge in [-0.2, -0.15) is 0 Å². The lowest BCUT2D eigenvalue weighted by Crippen LogP contribution is -2.41. The number of carbonyl (C=O) groups is 2.